The van der Waals surface area contributed by atoms with Crippen LogP contribution in [-0.2, 0) is 38.6 Å². The monoisotopic (exact) mass is 878 g/mol. The Morgan fingerprint density at radius 2 is 1.80 bits per heavy atom. The molecule has 1 aliphatic heterocycles. The molecule has 0 spiro atoms. The SMILES string of the molecule is CCC(C)(C)C(=O)O[C@H]1C[C@@H](C)C=C2C=C[C@H](C)[C@H](CC[C@@H]3C[C@@H](O)CC(=O)O3)[C@H]21.CCCCc1nc(Cl)c(CO)n1Cc1ccc(-c2ccccc2-c2nnn[n-]2)cc1.[K+]. The maximum atomic E-state index is 12.9. The number of imidazole rings is 1. The Hall–Kier alpha value is -3.01. The molecule has 61 heavy (non-hydrogen) atoms. The Kier molecular flexibility index (Phi) is 18.1. The van der Waals surface area contributed by atoms with Gasteiger partial charge in [0.2, 0.25) is 0 Å². The third-order valence-electron chi connectivity index (χ3n) is 12.4. The molecule has 3 aliphatic rings. The number of aryl methyl sites for hydroxylation is 1. The molecule has 2 aliphatic carbocycles. The van der Waals surface area contributed by atoms with Crippen LogP contribution in [0.1, 0.15) is 110 Å². The molecule has 2 aromatic carbocycles. The van der Waals surface area contributed by atoms with Gasteiger partial charge in [-0.05, 0) is 91.5 Å². The van der Waals surface area contributed by atoms with E-state index in [1.807, 2.05) is 49.6 Å². The predicted octanol–water partition coefficient (Wildman–Crippen LogP) is 5.49. The number of ether oxygens (including phenoxy) is 2. The van der Waals surface area contributed by atoms with Crippen molar-refractivity contribution >= 4 is 23.5 Å². The third-order valence-corrected chi connectivity index (χ3v) is 12.7. The number of aromatic nitrogens is 6. The number of aliphatic hydroxyl groups excluding tert-OH is 2. The number of fused-ring (bicyclic) bond motifs is 1. The number of benzene rings is 2. The van der Waals surface area contributed by atoms with E-state index in [0.717, 1.165) is 73.0 Å². The number of esters is 2. The molecule has 2 aromatic heterocycles. The fraction of sp³-hybridized carbons (Fsp3) is 0.532. The van der Waals surface area contributed by atoms with Gasteiger partial charge in [0.1, 0.15) is 18.0 Å². The van der Waals surface area contributed by atoms with Crippen molar-refractivity contribution in [3.63, 3.8) is 0 Å². The van der Waals surface area contributed by atoms with E-state index in [9.17, 15) is 19.8 Å². The van der Waals surface area contributed by atoms with Crippen LogP contribution in [0.5, 0.6) is 0 Å². The number of aliphatic hydroxyl groups is 2. The molecule has 14 heteroatoms. The first-order valence-corrected chi connectivity index (χ1v) is 21.9. The summed E-state index contributed by atoms with van der Waals surface area (Å²) in [6, 6.07) is 16.2. The predicted molar refractivity (Wildman–Crippen MR) is 230 cm³/mol. The molecule has 3 heterocycles. The van der Waals surface area contributed by atoms with E-state index in [0.29, 0.717) is 47.4 Å². The van der Waals surface area contributed by atoms with Gasteiger partial charge in [-0.1, -0.05) is 112 Å². The molecule has 0 amide bonds. The maximum Gasteiger partial charge on any atom is 1.00 e. The average molecular weight is 880 g/mol. The van der Waals surface area contributed by atoms with Crippen LogP contribution in [0.2, 0.25) is 5.15 Å². The number of carbonyl (C=O) groups excluding carboxylic acids is 2. The molecule has 1 saturated heterocycles. The van der Waals surface area contributed by atoms with Crippen molar-refractivity contribution in [2.45, 2.75) is 131 Å². The largest absolute Gasteiger partial charge is 1.00 e. The molecule has 0 radical (unpaired) electrons. The topological polar surface area (TPSA) is 164 Å². The maximum absolute atomic E-state index is 12.9. The van der Waals surface area contributed by atoms with Gasteiger partial charge in [0.05, 0.1) is 30.2 Å². The Morgan fingerprint density at radius 1 is 1.07 bits per heavy atom. The number of halogens is 1. The minimum atomic E-state index is -0.601. The van der Waals surface area contributed by atoms with Crippen molar-refractivity contribution in [2.75, 3.05) is 0 Å². The summed E-state index contributed by atoms with van der Waals surface area (Å²) in [5.74, 6) is 2.20. The minimum absolute atomic E-state index is 0. The molecule has 12 nitrogen and oxygen atoms in total. The Balaban J connectivity index is 0.000000227. The molecule has 7 rings (SSSR count). The summed E-state index contributed by atoms with van der Waals surface area (Å²) in [4.78, 5) is 29.0. The summed E-state index contributed by atoms with van der Waals surface area (Å²) in [7, 11) is 0. The van der Waals surface area contributed by atoms with E-state index in [-0.39, 0.29) is 94.5 Å². The minimum Gasteiger partial charge on any atom is -0.462 e. The summed E-state index contributed by atoms with van der Waals surface area (Å²) in [6.07, 6.45) is 12.6. The van der Waals surface area contributed by atoms with Gasteiger partial charge >= 0.3 is 63.3 Å². The van der Waals surface area contributed by atoms with Crippen LogP contribution >= 0.6 is 11.6 Å². The first-order chi connectivity index (χ1) is 28.8. The zero-order valence-corrected chi connectivity index (χ0v) is 40.6. The summed E-state index contributed by atoms with van der Waals surface area (Å²) in [5.41, 5.74) is 5.50. The fourth-order valence-corrected chi connectivity index (χ4v) is 8.86. The van der Waals surface area contributed by atoms with E-state index in [2.05, 4.69) is 88.9 Å². The first kappa shape index (κ1) is 49.0. The van der Waals surface area contributed by atoms with Crippen LogP contribution in [0, 0.1) is 29.1 Å². The molecule has 2 N–H and O–H groups in total. The Bertz CT molecular complexity index is 2120. The van der Waals surface area contributed by atoms with E-state index >= 15 is 0 Å². The van der Waals surface area contributed by atoms with E-state index in [1.54, 1.807) is 0 Å². The van der Waals surface area contributed by atoms with Crippen LogP contribution < -0.4 is 56.5 Å². The number of hydrogen-bond donors (Lipinski definition) is 2. The Labute approximate surface area is 407 Å². The van der Waals surface area contributed by atoms with Crippen molar-refractivity contribution in [3.8, 4) is 22.5 Å². The van der Waals surface area contributed by atoms with Gasteiger partial charge in [0.15, 0.2) is 5.15 Å². The van der Waals surface area contributed by atoms with Crippen LogP contribution in [0.4, 0.5) is 0 Å². The summed E-state index contributed by atoms with van der Waals surface area (Å²) in [5, 5.41) is 35.2. The van der Waals surface area contributed by atoms with E-state index in [4.69, 9.17) is 21.1 Å². The smallest absolute Gasteiger partial charge is 0.462 e. The number of unbranched alkanes of at least 4 members (excludes halogenated alkanes) is 1. The van der Waals surface area contributed by atoms with Crippen LogP contribution in [0.25, 0.3) is 22.5 Å². The van der Waals surface area contributed by atoms with Gasteiger partial charge in [-0.15, -0.1) is 0 Å². The van der Waals surface area contributed by atoms with Gasteiger partial charge < -0.3 is 29.4 Å². The summed E-state index contributed by atoms with van der Waals surface area (Å²) >= 11 is 6.25. The molecule has 7 atom stereocenters. The molecular weight excluding hydrogens is 819 g/mol. The molecule has 322 valence electrons. The number of carbonyl (C=O) groups is 2. The van der Waals surface area contributed by atoms with Crippen LogP contribution in [-0.4, -0.2) is 65.5 Å². The van der Waals surface area contributed by atoms with Gasteiger partial charge in [0, 0.05) is 31.1 Å². The number of tetrazole rings is 1. The van der Waals surface area contributed by atoms with Crippen molar-refractivity contribution in [1.82, 2.24) is 30.2 Å². The second-order valence-electron chi connectivity index (χ2n) is 17.3. The number of nitrogens with zero attached hydrogens (tertiary/aromatic N) is 6. The number of hydrogen-bond acceptors (Lipinski definition) is 10. The molecular formula is C47H60ClKN6O6. The van der Waals surface area contributed by atoms with Gasteiger partial charge in [-0.2, -0.15) is 5.21 Å². The standard InChI is InChI=1S/C25H38O5.C22H22ClN6O.K/c1-6-25(4,5)24(28)30-21-12-15(2)11-17-8-7-16(3)20(23(17)21)10-9-19-13-18(26)14-22(27)29-19;1-2-3-8-20-24-21(23)19(14-30)29(20)13-15-9-11-16(12-10-15)17-6-4-5-7-18(17)22-25-27-28-26-22;/h7-8,11,15-16,18-21,23,26H,6,9-10,12-14H2,1-5H3;4-7,9-12,30H,2-3,8,13-14H2,1H3;/q;-1;+1/t15-,16-,18+,19+,20-,21-,23-;;/m0../s1. The molecule has 0 saturated carbocycles. The molecule has 0 unspecified atom stereocenters. The second kappa shape index (κ2) is 22.6. The molecule has 1 fully saturated rings. The van der Waals surface area contributed by atoms with Gasteiger partial charge in [-0.3, -0.25) is 19.9 Å². The third kappa shape index (κ3) is 12.4. The van der Waals surface area contributed by atoms with E-state index in [1.165, 1.54) is 5.57 Å². The number of rotatable bonds is 14. The van der Waals surface area contributed by atoms with Crippen molar-refractivity contribution in [1.29, 1.82) is 0 Å². The van der Waals surface area contributed by atoms with Crippen molar-refractivity contribution < 1.29 is 80.7 Å². The van der Waals surface area contributed by atoms with Crippen LogP contribution in [0.3, 0.4) is 0 Å². The van der Waals surface area contributed by atoms with Gasteiger partial charge in [0.25, 0.3) is 0 Å². The molecule has 0 bridgehead atoms. The average Bonchev–Trinajstić information content (AvgIpc) is 3.87. The summed E-state index contributed by atoms with van der Waals surface area (Å²) in [6.45, 7) is 12.9. The second-order valence-corrected chi connectivity index (χ2v) is 17.7. The number of cyclic esters (lactones) is 1. The zero-order valence-electron chi connectivity index (χ0n) is 36.8. The normalized spacial score (nSPS) is 23.5. The van der Waals surface area contributed by atoms with Crippen molar-refractivity contribution in [3.05, 3.63) is 94.6 Å². The Morgan fingerprint density at radius 3 is 2.46 bits per heavy atom. The first-order valence-electron chi connectivity index (χ1n) is 21.5. The summed E-state index contributed by atoms with van der Waals surface area (Å²) < 4.78 is 13.6. The van der Waals surface area contributed by atoms with Crippen LogP contribution in [0.15, 0.2) is 72.3 Å². The van der Waals surface area contributed by atoms with E-state index < -0.39 is 11.5 Å². The van der Waals surface area contributed by atoms with Gasteiger partial charge in [-0.25, -0.2) is 4.98 Å². The fourth-order valence-electron chi connectivity index (χ4n) is 8.60. The molecule has 4 aromatic rings. The quantitative estimate of drug-likeness (QED) is 0.122. The zero-order chi connectivity index (χ0) is 43.0. The van der Waals surface area contributed by atoms with Crippen molar-refractivity contribution in [2.24, 2.45) is 29.1 Å². The number of allylic oxidation sites excluding steroid dienone is 3.